The minimum atomic E-state index is -0.402. The molecule has 3 rings (SSSR count). The first kappa shape index (κ1) is 17.2. The SMILES string of the molecule is C=C/C(=C(/C(=O)NCC=O)c1ccccn1)c1ccc2ccccc2n1. The monoisotopic (exact) mass is 343 g/mol. The number of fused-ring (bicyclic) bond motifs is 1. The molecule has 1 amide bonds. The van der Waals surface area contributed by atoms with E-state index in [-0.39, 0.29) is 6.54 Å². The molecule has 0 bridgehead atoms. The molecule has 5 heteroatoms. The standard InChI is InChI=1S/C21H17N3O2/c1-2-16(18-11-10-15-7-3-4-8-17(15)24-18)20(21(26)23-13-14-25)19-9-5-6-12-22-19/h2-12,14H,1,13H2,(H,23,26)/b20-16-. The number of aldehydes is 1. The van der Waals surface area contributed by atoms with Gasteiger partial charge < -0.3 is 10.1 Å². The first-order chi connectivity index (χ1) is 12.7. The predicted octanol–water partition coefficient (Wildman–Crippen LogP) is 3.04. The normalized spacial score (nSPS) is 11.5. The highest BCUT2D eigenvalue weighted by Crippen LogP contribution is 2.27. The Kier molecular flexibility index (Phi) is 5.29. The van der Waals surface area contributed by atoms with Gasteiger partial charge in [0.2, 0.25) is 0 Å². The number of pyridine rings is 2. The molecule has 1 N–H and O–H groups in total. The van der Waals surface area contributed by atoms with Gasteiger partial charge in [-0.3, -0.25) is 9.78 Å². The summed E-state index contributed by atoms with van der Waals surface area (Å²) < 4.78 is 0. The van der Waals surface area contributed by atoms with Crippen molar-refractivity contribution in [2.75, 3.05) is 6.54 Å². The van der Waals surface area contributed by atoms with Gasteiger partial charge in [-0.2, -0.15) is 0 Å². The number of carbonyl (C=O) groups is 2. The number of para-hydroxylation sites is 1. The Morgan fingerprint density at radius 2 is 1.85 bits per heavy atom. The molecule has 0 saturated carbocycles. The molecule has 26 heavy (non-hydrogen) atoms. The minimum Gasteiger partial charge on any atom is -0.345 e. The fourth-order valence-corrected chi connectivity index (χ4v) is 2.66. The summed E-state index contributed by atoms with van der Waals surface area (Å²) in [6.45, 7) is 3.77. The summed E-state index contributed by atoms with van der Waals surface area (Å²) >= 11 is 0. The molecule has 2 heterocycles. The van der Waals surface area contributed by atoms with E-state index in [2.05, 4.69) is 21.9 Å². The van der Waals surface area contributed by atoms with Crippen LogP contribution in [-0.4, -0.2) is 28.7 Å². The van der Waals surface area contributed by atoms with E-state index < -0.39 is 5.91 Å². The molecular formula is C21H17N3O2. The molecule has 0 fully saturated rings. The maximum absolute atomic E-state index is 12.7. The Labute approximate surface area is 151 Å². The van der Waals surface area contributed by atoms with Gasteiger partial charge in [-0.15, -0.1) is 0 Å². The van der Waals surface area contributed by atoms with Crippen molar-refractivity contribution >= 4 is 34.2 Å². The first-order valence-electron chi connectivity index (χ1n) is 8.10. The first-order valence-corrected chi connectivity index (χ1v) is 8.10. The van der Waals surface area contributed by atoms with E-state index >= 15 is 0 Å². The maximum Gasteiger partial charge on any atom is 0.254 e. The largest absolute Gasteiger partial charge is 0.345 e. The Morgan fingerprint density at radius 1 is 1.04 bits per heavy atom. The van der Waals surface area contributed by atoms with Crippen molar-refractivity contribution < 1.29 is 9.59 Å². The van der Waals surface area contributed by atoms with Crippen LogP contribution in [0.15, 0.2) is 73.4 Å². The maximum atomic E-state index is 12.7. The third-order valence-electron chi connectivity index (χ3n) is 3.84. The molecule has 5 nitrogen and oxygen atoms in total. The van der Waals surface area contributed by atoms with E-state index in [1.165, 1.54) is 0 Å². The van der Waals surface area contributed by atoms with Crippen molar-refractivity contribution in [3.05, 3.63) is 84.8 Å². The van der Waals surface area contributed by atoms with Crippen LogP contribution in [0.1, 0.15) is 11.4 Å². The van der Waals surface area contributed by atoms with Crippen LogP contribution in [0, 0.1) is 0 Å². The van der Waals surface area contributed by atoms with Gasteiger partial charge in [-0.05, 0) is 24.3 Å². The fraction of sp³-hybridized carbons (Fsp3) is 0.0476. The molecule has 0 saturated heterocycles. The molecule has 0 aliphatic rings. The summed E-state index contributed by atoms with van der Waals surface area (Å²) in [5.41, 5.74) is 2.79. The van der Waals surface area contributed by atoms with E-state index in [1.807, 2.05) is 36.4 Å². The number of aromatic nitrogens is 2. The van der Waals surface area contributed by atoms with Crippen LogP contribution in [0.5, 0.6) is 0 Å². The van der Waals surface area contributed by atoms with E-state index in [4.69, 9.17) is 0 Å². The van der Waals surface area contributed by atoms with Gasteiger partial charge in [0.25, 0.3) is 5.91 Å². The zero-order valence-electron chi connectivity index (χ0n) is 14.1. The fourth-order valence-electron chi connectivity index (χ4n) is 2.66. The number of amides is 1. The number of rotatable bonds is 6. The number of nitrogens with zero attached hydrogens (tertiary/aromatic N) is 2. The summed E-state index contributed by atoms with van der Waals surface area (Å²) in [4.78, 5) is 32.3. The molecule has 0 atom stereocenters. The molecule has 0 unspecified atom stereocenters. The van der Waals surface area contributed by atoms with Crippen molar-refractivity contribution in [2.24, 2.45) is 0 Å². The number of nitrogens with one attached hydrogen (secondary N) is 1. The van der Waals surface area contributed by atoms with Crippen LogP contribution in [0.3, 0.4) is 0 Å². The topological polar surface area (TPSA) is 72.0 Å². The molecule has 2 aromatic heterocycles. The summed E-state index contributed by atoms with van der Waals surface area (Å²) in [5.74, 6) is -0.402. The van der Waals surface area contributed by atoms with Crippen LogP contribution >= 0.6 is 0 Å². The Bertz CT molecular complexity index is 994. The van der Waals surface area contributed by atoms with Crippen LogP contribution in [0.4, 0.5) is 0 Å². The van der Waals surface area contributed by atoms with Gasteiger partial charge in [-0.1, -0.05) is 43.0 Å². The number of hydrogen-bond acceptors (Lipinski definition) is 4. The van der Waals surface area contributed by atoms with Gasteiger partial charge in [0.1, 0.15) is 6.29 Å². The molecule has 0 aliphatic heterocycles. The third kappa shape index (κ3) is 3.57. The van der Waals surface area contributed by atoms with Crippen LogP contribution in [0.2, 0.25) is 0 Å². The number of allylic oxidation sites excluding steroid dienone is 2. The van der Waals surface area contributed by atoms with Crippen molar-refractivity contribution in [3.8, 4) is 0 Å². The van der Waals surface area contributed by atoms with E-state index in [1.54, 1.807) is 30.5 Å². The van der Waals surface area contributed by atoms with Crippen molar-refractivity contribution in [2.45, 2.75) is 0 Å². The highest BCUT2D eigenvalue weighted by atomic mass is 16.2. The van der Waals surface area contributed by atoms with E-state index in [0.717, 1.165) is 10.9 Å². The summed E-state index contributed by atoms with van der Waals surface area (Å²) in [5, 5.41) is 3.58. The lowest BCUT2D eigenvalue weighted by atomic mass is 9.99. The van der Waals surface area contributed by atoms with Gasteiger partial charge in [0, 0.05) is 17.2 Å². The molecule has 128 valence electrons. The second kappa shape index (κ2) is 7.98. The Balaban J connectivity index is 2.20. The lowest BCUT2D eigenvalue weighted by molar-refractivity contribution is -0.117. The lowest BCUT2D eigenvalue weighted by Crippen LogP contribution is -2.27. The smallest absolute Gasteiger partial charge is 0.254 e. The van der Waals surface area contributed by atoms with Crippen LogP contribution in [0.25, 0.3) is 22.0 Å². The Hall–Kier alpha value is -3.60. The quantitative estimate of drug-likeness (QED) is 0.424. The number of carbonyl (C=O) groups excluding carboxylic acids is 2. The van der Waals surface area contributed by atoms with Crippen molar-refractivity contribution in [1.82, 2.24) is 15.3 Å². The highest BCUT2D eigenvalue weighted by molar-refractivity contribution is 6.27. The van der Waals surface area contributed by atoms with Gasteiger partial charge in [0.15, 0.2) is 0 Å². The molecule has 3 aromatic rings. The van der Waals surface area contributed by atoms with Crippen LogP contribution in [-0.2, 0) is 9.59 Å². The van der Waals surface area contributed by atoms with E-state index in [0.29, 0.717) is 28.8 Å². The Morgan fingerprint density at radius 3 is 2.58 bits per heavy atom. The second-order valence-corrected chi connectivity index (χ2v) is 5.47. The van der Waals surface area contributed by atoms with E-state index in [9.17, 15) is 9.59 Å². The van der Waals surface area contributed by atoms with Gasteiger partial charge >= 0.3 is 0 Å². The average Bonchev–Trinajstić information content (AvgIpc) is 2.70. The second-order valence-electron chi connectivity index (χ2n) is 5.47. The lowest BCUT2D eigenvalue weighted by Gasteiger charge is -2.12. The molecule has 1 aromatic carbocycles. The number of hydrogen-bond donors (Lipinski definition) is 1. The summed E-state index contributed by atoms with van der Waals surface area (Å²) in [7, 11) is 0. The van der Waals surface area contributed by atoms with Gasteiger partial charge in [-0.25, -0.2) is 4.98 Å². The average molecular weight is 343 g/mol. The van der Waals surface area contributed by atoms with Crippen molar-refractivity contribution in [1.29, 1.82) is 0 Å². The summed E-state index contributed by atoms with van der Waals surface area (Å²) in [6.07, 6.45) is 3.83. The molecular weight excluding hydrogens is 326 g/mol. The highest BCUT2D eigenvalue weighted by Gasteiger charge is 2.19. The van der Waals surface area contributed by atoms with Crippen LogP contribution < -0.4 is 5.32 Å². The summed E-state index contributed by atoms with van der Waals surface area (Å²) in [6, 6.07) is 16.8. The number of benzene rings is 1. The predicted molar refractivity (Wildman–Crippen MR) is 102 cm³/mol. The minimum absolute atomic E-state index is 0.0786. The zero-order valence-corrected chi connectivity index (χ0v) is 14.1. The van der Waals surface area contributed by atoms with Crippen molar-refractivity contribution in [3.63, 3.8) is 0 Å². The molecule has 0 aliphatic carbocycles. The zero-order chi connectivity index (χ0) is 18.4. The molecule has 0 radical (unpaired) electrons. The third-order valence-corrected chi connectivity index (χ3v) is 3.84. The molecule has 0 spiro atoms. The van der Waals surface area contributed by atoms with Gasteiger partial charge in [0.05, 0.1) is 29.0 Å².